The van der Waals surface area contributed by atoms with Gasteiger partial charge in [-0.15, -0.1) is 11.3 Å². The van der Waals surface area contributed by atoms with E-state index in [2.05, 4.69) is 4.98 Å². The molecule has 3 aromatic rings. The summed E-state index contributed by atoms with van der Waals surface area (Å²) < 4.78 is 15.8. The van der Waals surface area contributed by atoms with Gasteiger partial charge < -0.3 is 0 Å². The highest BCUT2D eigenvalue weighted by Crippen LogP contribution is 2.23. The van der Waals surface area contributed by atoms with Crippen molar-refractivity contribution >= 4 is 33.3 Å². The van der Waals surface area contributed by atoms with Crippen molar-refractivity contribution in [3.8, 4) is 5.69 Å². The largest absolute Gasteiger partial charge is 0.276 e. The molecule has 3 nitrogen and oxygen atoms in total. The van der Waals surface area contributed by atoms with Crippen molar-refractivity contribution in [3.05, 3.63) is 51.9 Å². The number of thioether (sulfide) groups is 1. The smallest absolute Gasteiger partial charge is 0.267 e. The molecule has 0 saturated carbocycles. The van der Waals surface area contributed by atoms with Gasteiger partial charge in [0.05, 0.1) is 11.2 Å². The number of aromatic nitrogens is 2. The van der Waals surface area contributed by atoms with Gasteiger partial charge in [-0.05, 0) is 29.8 Å². The molecule has 19 heavy (non-hydrogen) atoms. The number of hydrogen-bond acceptors (Lipinski definition) is 4. The number of para-hydroxylation sites is 1. The molecule has 0 aliphatic heterocycles. The Labute approximate surface area is 116 Å². The Kier molecular flexibility index (Phi) is 3.12. The van der Waals surface area contributed by atoms with Crippen LogP contribution in [0.5, 0.6) is 0 Å². The van der Waals surface area contributed by atoms with Crippen LogP contribution in [-0.4, -0.2) is 15.8 Å². The van der Waals surface area contributed by atoms with E-state index >= 15 is 0 Å². The third-order valence-corrected chi connectivity index (χ3v) is 4.26. The monoisotopic (exact) mass is 292 g/mol. The Balaban J connectivity index is 2.43. The molecule has 0 saturated heterocycles. The lowest BCUT2D eigenvalue weighted by molar-refractivity contribution is 0.608. The molecule has 0 spiro atoms. The molecule has 0 amide bonds. The number of hydrogen-bond donors (Lipinski definition) is 0. The topological polar surface area (TPSA) is 34.9 Å². The maximum atomic E-state index is 13.9. The number of fused-ring (bicyclic) bond motifs is 1. The number of thiophene rings is 1. The van der Waals surface area contributed by atoms with Crippen LogP contribution in [0.4, 0.5) is 4.39 Å². The maximum absolute atomic E-state index is 13.9. The fourth-order valence-corrected chi connectivity index (χ4v) is 3.19. The summed E-state index contributed by atoms with van der Waals surface area (Å²) >= 11 is 2.64. The average Bonchev–Trinajstić information content (AvgIpc) is 2.88. The second-order valence-corrected chi connectivity index (χ2v) is 5.51. The summed E-state index contributed by atoms with van der Waals surface area (Å²) in [6.45, 7) is 0. The molecule has 0 aliphatic rings. The summed E-state index contributed by atoms with van der Waals surface area (Å²) in [5.74, 6) is -0.433. The van der Waals surface area contributed by atoms with E-state index in [-0.39, 0.29) is 11.2 Å². The van der Waals surface area contributed by atoms with Gasteiger partial charge in [-0.3, -0.25) is 9.36 Å². The lowest BCUT2D eigenvalue weighted by Gasteiger charge is -2.10. The van der Waals surface area contributed by atoms with Gasteiger partial charge in [-0.2, -0.15) is 0 Å². The van der Waals surface area contributed by atoms with E-state index in [0.717, 1.165) is 0 Å². The Morgan fingerprint density at radius 2 is 2.11 bits per heavy atom. The molecule has 96 valence electrons. The molecule has 3 rings (SSSR count). The summed E-state index contributed by atoms with van der Waals surface area (Å²) in [6, 6.07) is 8.02. The summed E-state index contributed by atoms with van der Waals surface area (Å²) in [5, 5.41) is 2.30. The summed E-state index contributed by atoms with van der Waals surface area (Å²) in [6.07, 6.45) is 1.82. The first-order valence-corrected chi connectivity index (χ1v) is 7.62. The zero-order valence-electron chi connectivity index (χ0n) is 9.96. The minimum absolute atomic E-state index is 0.227. The SMILES string of the molecule is CSc1nc2ccsc2c(=O)n1-c1ccccc1F. The van der Waals surface area contributed by atoms with Crippen LogP contribution in [-0.2, 0) is 0 Å². The Hall–Kier alpha value is -1.66. The van der Waals surface area contributed by atoms with Crippen molar-refractivity contribution in [3.63, 3.8) is 0 Å². The van der Waals surface area contributed by atoms with Crippen LogP contribution >= 0.6 is 23.1 Å². The van der Waals surface area contributed by atoms with E-state index in [9.17, 15) is 9.18 Å². The molecule has 2 aromatic heterocycles. The van der Waals surface area contributed by atoms with Gasteiger partial charge in [0.2, 0.25) is 0 Å². The van der Waals surface area contributed by atoms with Crippen molar-refractivity contribution in [2.75, 3.05) is 6.26 Å². The Morgan fingerprint density at radius 1 is 1.32 bits per heavy atom. The molecule has 0 radical (unpaired) electrons. The zero-order valence-corrected chi connectivity index (χ0v) is 11.6. The van der Waals surface area contributed by atoms with Crippen molar-refractivity contribution in [2.24, 2.45) is 0 Å². The van der Waals surface area contributed by atoms with Crippen LogP contribution in [0.25, 0.3) is 15.9 Å². The van der Waals surface area contributed by atoms with Gasteiger partial charge in [0.1, 0.15) is 10.5 Å². The second-order valence-electron chi connectivity index (χ2n) is 3.83. The molecule has 0 bridgehead atoms. The van der Waals surface area contributed by atoms with Crippen LogP contribution < -0.4 is 5.56 Å². The van der Waals surface area contributed by atoms with Crippen molar-refractivity contribution in [1.29, 1.82) is 0 Å². The summed E-state index contributed by atoms with van der Waals surface area (Å²) in [5.41, 5.74) is 0.668. The standard InChI is InChI=1S/C13H9FN2OS2/c1-18-13-15-9-6-7-19-11(9)12(17)16(13)10-5-3-2-4-8(10)14/h2-7H,1H3. The lowest BCUT2D eigenvalue weighted by atomic mass is 10.3. The van der Waals surface area contributed by atoms with Crippen LogP contribution in [0.2, 0.25) is 0 Å². The van der Waals surface area contributed by atoms with E-state index in [1.807, 2.05) is 11.6 Å². The van der Waals surface area contributed by atoms with Gasteiger partial charge in [0.25, 0.3) is 5.56 Å². The van der Waals surface area contributed by atoms with Crippen molar-refractivity contribution in [1.82, 2.24) is 9.55 Å². The molecule has 0 fully saturated rings. The molecule has 2 heterocycles. The maximum Gasteiger partial charge on any atom is 0.276 e. The normalized spacial score (nSPS) is 11.1. The first kappa shape index (κ1) is 12.4. The molecule has 0 unspecified atom stereocenters. The first-order valence-electron chi connectivity index (χ1n) is 5.51. The van der Waals surface area contributed by atoms with E-state index < -0.39 is 5.82 Å². The van der Waals surface area contributed by atoms with Gasteiger partial charge in [0.15, 0.2) is 5.16 Å². The van der Waals surface area contributed by atoms with Crippen LogP contribution in [0.15, 0.2) is 45.7 Å². The molecular weight excluding hydrogens is 283 g/mol. The van der Waals surface area contributed by atoms with Gasteiger partial charge >= 0.3 is 0 Å². The molecule has 1 aromatic carbocycles. The third-order valence-electron chi connectivity index (χ3n) is 2.73. The van der Waals surface area contributed by atoms with E-state index in [1.54, 1.807) is 24.3 Å². The van der Waals surface area contributed by atoms with E-state index in [0.29, 0.717) is 15.4 Å². The minimum Gasteiger partial charge on any atom is -0.267 e. The molecular formula is C13H9FN2OS2. The third kappa shape index (κ3) is 1.97. The van der Waals surface area contributed by atoms with Gasteiger partial charge in [-0.1, -0.05) is 23.9 Å². The summed E-state index contributed by atoms with van der Waals surface area (Å²) in [7, 11) is 0. The Morgan fingerprint density at radius 3 is 2.84 bits per heavy atom. The number of rotatable bonds is 2. The summed E-state index contributed by atoms with van der Waals surface area (Å²) in [4.78, 5) is 16.9. The zero-order chi connectivity index (χ0) is 13.4. The lowest BCUT2D eigenvalue weighted by Crippen LogP contribution is -2.21. The van der Waals surface area contributed by atoms with Crippen LogP contribution in [0, 0.1) is 5.82 Å². The van der Waals surface area contributed by atoms with E-state index in [4.69, 9.17) is 0 Å². The van der Waals surface area contributed by atoms with Gasteiger partial charge in [-0.25, -0.2) is 9.37 Å². The van der Waals surface area contributed by atoms with Crippen molar-refractivity contribution < 1.29 is 4.39 Å². The van der Waals surface area contributed by atoms with E-state index in [1.165, 1.54) is 33.7 Å². The number of nitrogens with zero attached hydrogens (tertiary/aromatic N) is 2. The molecule has 0 atom stereocenters. The van der Waals surface area contributed by atoms with Crippen LogP contribution in [0.1, 0.15) is 0 Å². The predicted octanol–water partition coefficient (Wildman–Crippen LogP) is 3.31. The first-order chi connectivity index (χ1) is 9.22. The van der Waals surface area contributed by atoms with Crippen LogP contribution in [0.3, 0.4) is 0 Å². The molecule has 0 aliphatic carbocycles. The second kappa shape index (κ2) is 4.79. The predicted molar refractivity (Wildman–Crippen MR) is 77.0 cm³/mol. The highest BCUT2D eigenvalue weighted by molar-refractivity contribution is 7.98. The number of halogens is 1. The Bertz CT molecular complexity index is 810. The average molecular weight is 292 g/mol. The fourth-order valence-electron chi connectivity index (χ4n) is 1.87. The quantitative estimate of drug-likeness (QED) is 0.537. The van der Waals surface area contributed by atoms with Gasteiger partial charge in [0, 0.05) is 0 Å². The highest BCUT2D eigenvalue weighted by Gasteiger charge is 2.15. The minimum atomic E-state index is -0.433. The highest BCUT2D eigenvalue weighted by atomic mass is 32.2. The fraction of sp³-hybridized carbons (Fsp3) is 0.0769. The van der Waals surface area contributed by atoms with Crippen molar-refractivity contribution in [2.45, 2.75) is 5.16 Å². The molecule has 0 N–H and O–H groups in total. The molecule has 6 heteroatoms. The number of benzene rings is 1.